The molecular weight excluding hydrogens is 1430 g/mol. The molecule has 0 aliphatic carbocycles. The fraction of sp³-hybridized carbons (Fsp3) is 0.956. The maximum absolute atomic E-state index is 12.8. The summed E-state index contributed by atoms with van der Waals surface area (Å²) in [6, 6.07) is 0. The molecule has 0 fully saturated rings. The normalized spacial score (nSPS) is 11.6. The zero-order chi connectivity index (χ0) is 76.5. The van der Waals surface area contributed by atoms with E-state index in [1.165, 1.54) is 360 Å². The predicted octanol–water partition coefficient (Wildman–Crippen LogP) is 32.7. The van der Waals surface area contributed by atoms with Crippen LogP contribution in [0, 0.1) is 0 Å². The lowest BCUT2D eigenvalue weighted by Gasteiger charge is -2.17. The maximum atomic E-state index is 12.8. The molecule has 0 saturated carbocycles. The molecule has 0 atom stereocenters. The van der Waals surface area contributed by atoms with Crippen molar-refractivity contribution in [1.82, 2.24) is 0 Å². The van der Waals surface area contributed by atoms with E-state index in [-0.39, 0.29) is 23.9 Å². The molecule has 0 spiro atoms. The minimum absolute atomic E-state index is 0.134. The van der Waals surface area contributed by atoms with Gasteiger partial charge in [-0.15, -0.1) is 0 Å². The molecule has 0 aromatic carbocycles. The van der Waals surface area contributed by atoms with Gasteiger partial charge >= 0.3 is 23.9 Å². The van der Waals surface area contributed by atoms with E-state index in [0.29, 0.717) is 88.3 Å². The number of rotatable bonds is 93. The van der Waals surface area contributed by atoms with E-state index in [9.17, 15) is 19.2 Å². The Morgan fingerprint density at radius 3 is 0.443 bits per heavy atom. The number of unbranched alkanes of at least 4 members (excludes halogenated alkanes) is 63. The number of ether oxygens (including phenoxy) is 4. The molecule has 106 heavy (non-hydrogen) atoms. The van der Waals surface area contributed by atoms with Gasteiger partial charge in [-0.25, -0.2) is 0 Å². The summed E-state index contributed by atoms with van der Waals surface area (Å²) in [5, 5.41) is 0. The highest BCUT2D eigenvalue weighted by atomic mass is 33.1. The summed E-state index contributed by atoms with van der Waals surface area (Å²) < 4.78 is 35.7. The summed E-state index contributed by atoms with van der Waals surface area (Å²) in [6.07, 6.45) is 89.8. The summed E-state index contributed by atoms with van der Waals surface area (Å²) in [7, 11) is 0. The van der Waals surface area contributed by atoms with Crippen molar-refractivity contribution in [2.24, 2.45) is 0 Å². The van der Waals surface area contributed by atoms with Crippen molar-refractivity contribution in [2.75, 3.05) is 62.7 Å². The van der Waals surface area contributed by atoms with Gasteiger partial charge in [0.05, 0.1) is 65.3 Å². The van der Waals surface area contributed by atoms with Crippen molar-refractivity contribution < 1.29 is 47.2 Å². The van der Waals surface area contributed by atoms with Crippen molar-refractivity contribution in [2.45, 2.75) is 490 Å². The second kappa shape index (κ2) is 93.9. The van der Waals surface area contributed by atoms with Gasteiger partial charge in [0.1, 0.15) is 0 Å². The molecule has 0 saturated heterocycles. The summed E-state index contributed by atoms with van der Waals surface area (Å²) >= 11 is 6.78. The van der Waals surface area contributed by atoms with Crippen molar-refractivity contribution >= 4 is 82.5 Å². The first-order valence-electron chi connectivity index (χ1n) is 46.4. The standard InChI is InChI=1S/C90H176O10P2S4/c1-5-9-13-17-21-25-29-33-37-41-45-49-53-57-61-67-77-95-87(91)73-83-103-101(104-84-74-88(92)96-78-68-62-58-54-50-46-42-38-34-30-26-22-18-14-10-6-2)99-81-71-65-66-72-82-100-102(105-85-75-89(93)97-79-69-63-59-55-51-47-43-39-35-31-27-23-19-15-11-7-3)106-86-76-90(94)98-80-70-64-60-56-52-48-44-40-36-32-28-24-20-16-12-8-4/h5-86H2,1-4H3. The molecule has 0 aromatic rings. The summed E-state index contributed by atoms with van der Waals surface area (Å²) in [5.74, 6) is 2.01. The molecule has 0 bridgehead atoms. The second-order valence-corrected chi connectivity index (χ2v) is 43.5. The third kappa shape index (κ3) is 89.6. The average Bonchev–Trinajstić information content (AvgIpc) is 1.16. The van der Waals surface area contributed by atoms with Gasteiger partial charge < -0.3 is 28.0 Å². The first-order valence-corrected chi connectivity index (χ1v) is 55.2. The van der Waals surface area contributed by atoms with Crippen LogP contribution in [-0.4, -0.2) is 86.5 Å². The number of hydrogen-bond acceptors (Lipinski definition) is 14. The van der Waals surface area contributed by atoms with Crippen molar-refractivity contribution in [3.8, 4) is 0 Å². The van der Waals surface area contributed by atoms with Gasteiger partial charge in [0.15, 0.2) is 13.1 Å². The number of carbonyl (C=O) groups is 4. The Balaban J connectivity index is 4.97. The molecule has 16 heteroatoms. The van der Waals surface area contributed by atoms with Crippen LogP contribution in [0.5, 0.6) is 0 Å². The Kier molecular flexibility index (Phi) is 94.0. The number of esters is 4. The van der Waals surface area contributed by atoms with Crippen LogP contribution in [0.4, 0.5) is 0 Å². The molecule has 0 aliphatic rings. The van der Waals surface area contributed by atoms with Gasteiger partial charge in [0, 0.05) is 23.0 Å². The molecule has 0 unspecified atom stereocenters. The molecule has 0 rings (SSSR count). The van der Waals surface area contributed by atoms with Gasteiger partial charge in [-0.2, -0.15) is 0 Å². The van der Waals surface area contributed by atoms with E-state index in [1.54, 1.807) is 45.5 Å². The van der Waals surface area contributed by atoms with Gasteiger partial charge in [0.2, 0.25) is 0 Å². The highest BCUT2D eigenvalue weighted by Gasteiger charge is 2.18. The fourth-order valence-electron chi connectivity index (χ4n) is 13.5. The van der Waals surface area contributed by atoms with Crippen molar-refractivity contribution in [1.29, 1.82) is 0 Å². The Morgan fingerprint density at radius 2 is 0.302 bits per heavy atom. The van der Waals surface area contributed by atoms with Crippen LogP contribution in [0.25, 0.3) is 0 Å². The van der Waals surface area contributed by atoms with E-state index >= 15 is 0 Å². The lowest BCUT2D eigenvalue weighted by molar-refractivity contribution is -0.144. The van der Waals surface area contributed by atoms with Crippen LogP contribution in [0.15, 0.2) is 0 Å². The SMILES string of the molecule is CCCCCCCCCCCCCCCCCCOC(=O)CCSP(OCCCCCCOP(SCCC(=O)OCCCCCCCCCCCCCCCCCC)SCCC(=O)OCCCCCCCCCCCCCCCCCC)SCCC(=O)OCCCCCCCCCCCCCCCCCC. The summed E-state index contributed by atoms with van der Waals surface area (Å²) in [6.45, 7) is 10.5. The molecular formula is C90H176O10P2S4. The molecule has 630 valence electrons. The molecule has 0 aromatic heterocycles. The van der Waals surface area contributed by atoms with Crippen molar-refractivity contribution in [3.05, 3.63) is 0 Å². The first-order chi connectivity index (χ1) is 52.4. The highest BCUT2D eigenvalue weighted by molar-refractivity contribution is 8.87. The van der Waals surface area contributed by atoms with Crippen LogP contribution in [-0.2, 0) is 47.2 Å². The smallest absolute Gasteiger partial charge is 0.306 e. The summed E-state index contributed by atoms with van der Waals surface area (Å²) in [4.78, 5) is 51.3. The largest absolute Gasteiger partial charge is 0.466 e. The van der Waals surface area contributed by atoms with Gasteiger partial charge in [-0.1, -0.05) is 471 Å². The fourth-order valence-corrected chi connectivity index (χ4v) is 25.3. The minimum Gasteiger partial charge on any atom is -0.466 e. The molecule has 10 nitrogen and oxygen atoms in total. The van der Waals surface area contributed by atoms with E-state index in [2.05, 4.69) is 27.7 Å². The third-order valence-corrected chi connectivity index (χ3v) is 33.4. The van der Waals surface area contributed by atoms with Crippen LogP contribution in [0.3, 0.4) is 0 Å². The first kappa shape index (κ1) is 106. The van der Waals surface area contributed by atoms with Crippen molar-refractivity contribution in [3.63, 3.8) is 0 Å². The van der Waals surface area contributed by atoms with E-state index in [1.807, 2.05) is 0 Å². The van der Waals surface area contributed by atoms with E-state index < -0.39 is 13.1 Å². The van der Waals surface area contributed by atoms with Gasteiger partial charge in [0.25, 0.3) is 0 Å². The molecule has 0 N–H and O–H groups in total. The lowest BCUT2D eigenvalue weighted by Crippen LogP contribution is -2.07. The lowest BCUT2D eigenvalue weighted by atomic mass is 10.0. The molecule has 0 heterocycles. The molecule has 0 amide bonds. The minimum atomic E-state index is -0.951. The summed E-state index contributed by atoms with van der Waals surface area (Å²) in [5.41, 5.74) is 0. The Bertz CT molecular complexity index is 1530. The zero-order valence-electron chi connectivity index (χ0n) is 70.6. The van der Waals surface area contributed by atoms with E-state index in [0.717, 1.165) is 77.0 Å². The average molecular weight is 1610 g/mol. The molecule has 0 aliphatic heterocycles. The van der Waals surface area contributed by atoms with E-state index in [4.69, 9.17) is 28.0 Å². The molecule has 0 radical (unpaired) electrons. The quantitative estimate of drug-likeness (QED) is 0.0248. The Morgan fingerprint density at radius 1 is 0.179 bits per heavy atom. The predicted molar refractivity (Wildman–Crippen MR) is 475 cm³/mol. The van der Waals surface area contributed by atoms with Gasteiger partial charge in [-0.3, -0.25) is 19.2 Å². The number of hydrogen-bond donors (Lipinski definition) is 0. The monoisotopic (exact) mass is 1610 g/mol. The second-order valence-electron chi connectivity index (χ2n) is 31.0. The van der Waals surface area contributed by atoms with Crippen LogP contribution in [0.1, 0.15) is 490 Å². The van der Waals surface area contributed by atoms with Crippen LogP contribution in [0.2, 0.25) is 0 Å². The third-order valence-electron chi connectivity index (χ3n) is 20.5. The van der Waals surface area contributed by atoms with Crippen LogP contribution >= 0.6 is 58.6 Å². The zero-order valence-corrected chi connectivity index (χ0v) is 75.6. The highest BCUT2D eigenvalue weighted by Crippen LogP contribution is 2.63. The topological polar surface area (TPSA) is 124 Å². The Hall–Kier alpha value is 0.0600. The van der Waals surface area contributed by atoms with Gasteiger partial charge in [-0.05, 0) is 38.5 Å². The number of carbonyl (C=O) groups excluding carboxylic acids is 4. The maximum Gasteiger partial charge on any atom is 0.306 e. The van der Waals surface area contributed by atoms with Crippen LogP contribution < -0.4 is 0 Å². The Labute approximate surface area is 677 Å².